The summed E-state index contributed by atoms with van der Waals surface area (Å²) in [6.45, 7) is 2.49. The quantitative estimate of drug-likeness (QED) is 0.472. The summed E-state index contributed by atoms with van der Waals surface area (Å²) < 4.78 is 38.0. The number of sulfonamides is 1. The molecule has 0 amide bonds. The molecule has 0 atom stereocenters. The van der Waals surface area contributed by atoms with Crippen molar-refractivity contribution in [1.82, 2.24) is 9.21 Å². The first kappa shape index (κ1) is 20.9. The topological polar surface area (TPSA) is 106 Å². The molecule has 27 heavy (non-hydrogen) atoms. The molecule has 0 aliphatic carbocycles. The molecule has 2 aromatic rings. The molecule has 0 radical (unpaired) electrons. The van der Waals surface area contributed by atoms with E-state index in [2.05, 4.69) is 0 Å². The number of hydrogen-bond donors (Lipinski definition) is 0. The second-order valence-corrected chi connectivity index (χ2v) is 8.18. The molecule has 1 aromatic heterocycles. The van der Waals surface area contributed by atoms with Gasteiger partial charge in [0.25, 0.3) is 0 Å². The average molecular weight is 397 g/mol. The van der Waals surface area contributed by atoms with Crippen molar-refractivity contribution < 1.29 is 22.5 Å². The van der Waals surface area contributed by atoms with Gasteiger partial charge in [-0.15, -0.1) is 0 Å². The van der Waals surface area contributed by atoms with E-state index in [9.17, 15) is 18.5 Å². The Morgan fingerprint density at radius 3 is 2.41 bits per heavy atom. The number of nitro groups is 1. The summed E-state index contributed by atoms with van der Waals surface area (Å²) in [4.78, 5) is 12.2. The fourth-order valence-corrected chi connectivity index (χ4v) is 3.88. The summed E-state index contributed by atoms with van der Waals surface area (Å²) in [5, 5.41) is 11.2. The molecular weight excluding hydrogens is 374 g/mol. The normalized spacial score (nSPS) is 11.9. The standard InChI is InChI=1S/C17H23N3O6S/c1-13-5-6-14(26-13)12-19(10-9-18(2)3)27(23,24)15-7-8-17(25-4)16(11-15)20(21)22/h5-8,11H,9-10,12H2,1-4H3. The van der Waals surface area contributed by atoms with Crippen LogP contribution in [0.3, 0.4) is 0 Å². The van der Waals surface area contributed by atoms with E-state index in [4.69, 9.17) is 9.15 Å². The lowest BCUT2D eigenvalue weighted by Crippen LogP contribution is -2.36. The number of ether oxygens (including phenoxy) is 1. The largest absolute Gasteiger partial charge is 0.490 e. The summed E-state index contributed by atoms with van der Waals surface area (Å²) in [5.41, 5.74) is -0.403. The second-order valence-electron chi connectivity index (χ2n) is 6.24. The van der Waals surface area contributed by atoms with Crippen LogP contribution in [0.1, 0.15) is 11.5 Å². The van der Waals surface area contributed by atoms with Crippen LogP contribution in [-0.2, 0) is 16.6 Å². The first-order valence-electron chi connectivity index (χ1n) is 8.17. The number of likely N-dealkylation sites (N-methyl/N-ethyl adjacent to an activating group) is 1. The third-order valence-electron chi connectivity index (χ3n) is 3.91. The van der Waals surface area contributed by atoms with Crippen LogP contribution in [0.25, 0.3) is 0 Å². The number of aryl methyl sites for hydroxylation is 1. The van der Waals surface area contributed by atoms with E-state index in [1.54, 1.807) is 19.1 Å². The molecule has 1 heterocycles. The first-order chi connectivity index (χ1) is 12.6. The van der Waals surface area contributed by atoms with E-state index >= 15 is 0 Å². The minimum absolute atomic E-state index is 0.000417. The van der Waals surface area contributed by atoms with Crippen LogP contribution in [0.4, 0.5) is 5.69 Å². The highest BCUT2D eigenvalue weighted by Gasteiger charge is 2.28. The molecule has 0 spiro atoms. The van der Waals surface area contributed by atoms with Gasteiger partial charge >= 0.3 is 5.69 Å². The maximum absolute atomic E-state index is 13.1. The van der Waals surface area contributed by atoms with Gasteiger partial charge in [0.1, 0.15) is 11.5 Å². The van der Waals surface area contributed by atoms with Crippen LogP contribution in [-0.4, -0.2) is 56.8 Å². The molecule has 0 aliphatic heterocycles. The first-order valence-corrected chi connectivity index (χ1v) is 9.61. The van der Waals surface area contributed by atoms with Crippen molar-refractivity contribution in [3.05, 3.63) is 52.0 Å². The van der Waals surface area contributed by atoms with Crippen molar-refractivity contribution in [3.63, 3.8) is 0 Å². The van der Waals surface area contributed by atoms with E-state index in [0.717, 1.165) is 6.07 Å². The fourth-order valence-electron chi connectivity index (χ4n) is 2.46. The highest BCUT2D eigenvalue weighted by Crippen LogP contribution is 2.31. The molecule has 0 unspecified atom stereocenters. The van der Waals surface area contributed by atoms with Gasteiger partial charge < -0.3 is 14.1 Å². The van der Waals surface area contributed by atoms with E-state index in [-0.39, 0.29) is 23.7 Å². The monoisotopic (exact) mass is 397 g/mol. The number of nitrogens with zero attached hydrogens (tertiary/aromatic N) is 3. The second kappa shape index (κ2) is 8.51. The van der Waals surface area contributed by atoms with Gasteiger partial charge in [-0.25, -0.2) is 8.42 Å². The molecule has 0 N–H and O–H groups in total. The highest BCUT2D eigenvalue weighted by atomic mass is 32.2. The molecule has 9 nitrogen and oxygen atoms in total. The minimum atomic E-state index is -3.98. The van der Waals surface area contributed by atoms with Gasteiger partial charge in [-0.1, -0.05) is 0 Å². The maximum Gasteiger partial charge on any atom is 0.312 e. The van der Waals surface area contributed by atoms with Crippen LogP contribution < -0.4 is 4.74 Å². The zero-order valence-corrected chi connectivity index (χ0v) is 16.5. The Morgan fingerprint density at radius 2 is 1.89 bits per heavy atom. The Bertz CT molecular complexity index is 907. The lowest BCUT2D eigenvalue weighted by molar-refractivity contribution is -0.386. The molecule has 0 saturated carbocycles. The molecule has 0 saturated heterocycles. The van der Waals surface area contributed by atoms with Gasteiger partial charge in [0.05, 0.1) is 23.5 Å². The van der Waals surface area contributed by atoms with Crippen molar-refractivity contribution in [2.24, 2.45) is 0 Å². The number of benzene rings is 1. The van der Waals surface area contributed by atoms with Gasteiger partial charge in [-0.05, 0) is 45.3 Å². The molecule has 0 bridgehead atoms. The van der Waals surface area contributed by atoms with Crippen molar-refractivity contribution in [1.29, 1.82) is 0 Å². The highest BCUT2D eigenvalue weighted by molar-refractivity contribution is 7.89. The Labute approximate surface area is 158 Å². The predicted molar refractivity (Wildman–Crippen MR) is 99.2 cm³/mol. The van der Waals surface area contributed by atoms with E-state index in [1.165, 1.54) is 23.5 Å². The lowest BCUT2D eigenvalue weighted by atomic mass is 10.3. The molecule has 0 aliphatic rings. The summed E-state index contributed by atoms with van der Waals surface area (Å²) in [6, 6.07) is 7.07. The summed E-state index contributed by atoms with van der Waals surface area (Å²) >= 11 is 0. The number of rotatable bonds is 9. The Morgan fingerprint density at radius 1 is 1.19 bits per heavy atom. The van der Waals surface area contributed by atoms with Gasteiger partial charge in [0.15, 0.2) is 5.75 Å². The average Bonchev–Trinajstić information content (AvgIpc) is 3.02. The molecule has 10 heteroatoms. The molecule has 148 valence electrons. The number of nitro benzene ring substituents is 1. The lowest BCUT2D eigenvalue weighted by Gasteiger charge is -2.23. The van der Waals surface area contributed by atoms with Crippen molar-refractivity contribution in [2.45, 2.75) is 18.4 Å². The summed E-state index contributed by atoms with van der Waals surface area (Å²) in [5.74, 6) is 1.17. The fraction of sp³-hybridized carbons (Fsp3) is 0.412. The molecule has 1 aromatic carbocycles. The van der Waals surface area contributed by atoms with Gasteiger partial charge in [0.2, 0.25) is 10.0 Å². The van der Waals surface area contributed by atoms with Crippen LogP contribution in [0.15, 0.2) is 39.6 Å². The zero-order valence-electron chi connectivity index (χ0n) is 15.7. The van der Waals surface area contributed by atoms with E-state index in [1.807, 2.05) is 19.0 Å². The Balaban J connectivity index is 2.42. The van der Waals surface area contributed by atoms with Crippen LogP contribution in [0.2, 0.25) is 0 Å². The van der Waals surface area contributed by atoms with Gasteiger partial charge in [0, 0.05) is 19.2 Å². The van der Waals surface area contributed by atoms with Gasteiger partial charge in [-0.3, -0.25) is 10.1 Å². The smallest absolute Gasteiger partial charge is 0.312 e. The summed E-state index contributed by atoms with van der Waals surface area (Å²) in [6.07, 6.45) is 0. The molecule has 2 rings (SSSR count). The number of methoxy groups -OCH3 is 1. The van der Waals surface area contributed by atoms with Crippen LogP contribution >= 0.6 is 0 Å². The van der Waals surface area contributed by atoms with Crippen LogP contribution in [0.5, 0.6) is 5.75 Å². The molecular formula is C17H23N3O6S. The Hall–Kier alpha value is -2.43. The van der Waals surface area contributed by atoms with Crippen LogP contribution in [0, 0.1) is 17.0 Å². The van der Waals surface area contributed by atoms with Crippen molar-refractivity contribution in [2.75, 3.05) is 34.3 Å². The van der Waals surface area contributed by atoms with E-state index in [0.29, 0.717) is 18.1 Å². The minimum Gasteiger partial charge on any atom is -0.490 e. The summed E-state index contributed by atoms with van der Waals surface area (Å²) in [7, 11) is 0.978. The predicted octanol–water partition coefficient (Wildman–Crippen LogP) is 2.26. The molecule has 0 fully saturated rings. The van der Waals surface area contributed by atoms with Crippen molar-refractivity contribution in [3.8, 4) is 5.75 Å². The third-order valence-corrected chi connectivity index (χ3v) is 5.75. The number of hydrogen-bond acceptors (Lipinski definition) is 7. The van der Waals surface area contributed by atoms with Gasteiger partial charge in [-0.2, -0.15) is 4.31 Å². The maximum atomic E-state index is 13.1. The third kappa shape index (κ3) is 5.06. The van der Waals surface area contributed by atoms with Crippen molar-refractivity contribution >= 4 is 15.7 Å². The van der Waals surface area contributed by atoms with E-state index < -0.39 is 20.6 Å². The zero-order chi connectivity index (χ0) is 20.2. The Kier molecular flexibility index (Phi) is 6.58. The number of furan rings is 1. The SMILES string of the molecule is COc1ccc(S(=O)(=O)N(CCN(C)C)Cc2ccc(C)o2)cc1[N+](=O)[O-].